The van der Waals surface area contributed by atoms with Crippen molar-refractivity contribution >= 4 is 44.5 Å². The summed E-state index contributed by atoms with van der Waals surface area (Å²) in [6.07, 6.45) is 2.64. The van der Waals surface area contributed by atoms with Gasteiger partial charge in [-0.1, -0.05) is 52.3 Å². The van der Waals surface area contributed by atoms with E-state index in [4.69, 9.17) is 14.2 Å². The highest BCUT2D eigenvalue weighted by atomic mass is 79.9. The van der Waals surface area contributed by atoms with Gasteiger partial charge in [0.25, 0.3) is 0 Å². The van der Waals surface area contributed by atoms with Crippen molar-refractivity contribution in [3.63, 3.8) is 0 Å². The predicted octanol–water partition coefficient (Wildman–Crippen LogP) is 7.62. The van der Waals surface area contributed by atoms with Crippen LogP contribution in [0, 0.1) is 6.92 Å². The van der Waals surface area contributed by atoms with Crippen LogP contribution in [0.25, 0.3) is 10.8 Å². The van der Waals surface area contributed by atoms with E-state index in [-0.39, 0.29) is 11.3 Å². The molecule has 36 heavy (non-hydrogen) atoms. The molecular formula is C29H30BrNO5. The normalized spacial score (nSPS) is 11.0. The quantitative estimate of drug-likeness (QED) is 0.124. The van der Waals surface area contributed by atoms with Crippen LogP contribution in [0.1, 0.15) is 36.7 Å². The lowest BCUT2D eigenvalue weighted by atomic mass is 9.96. The number of nitrogens with zero attached hydrogens (tertiary/aromatic N) is 1. The van der Waals surface area contributed by atoms with Crippen LogP contribution in [0.5, 0.6) is 11.5 Å². The van der Waals surface area contributed by atoms with E-state index in [1.165, 1.54) is 0 Å². The lowest BCUT2D eigenvalue weighted by Gasteiger charge is -2.28. The summed E-state index contributed by atoms with van der Waals surface area (Å²) >= 11 is 3.50. The average Bonchev–Trinajstić information content (AvgIpc) is 2.79. The molecule has 0 saturated heterocycles. The highest BCUT2D eigenvalue weighted by Gasteiger charge is 2.29. The molecule has 0 atom stereocenters. The van der Waals surface area contributed by atoms with Crippen molar-refractivity contribution in [3.8, 4) is 11.5 Å². The number of rotatable bonds is 8. The molecule has 6 nitrogen and oxygen atoms in total. The fourth-order valence-corrected chi connectivity index (χ4v) is 4.23. The Bertz CT molecular complexity index is 1280. The van der Waals surface area contributed by atoms with Gasteiger partial charge in [-0.05, 0) is 57.5 Å². The van der Waals surface area contributed by atoms with Crippen molar-refractivity contribution in [2.24, 2.45) is 0 Å². The maximum Gasteiger partial charge on any atom is 0.514 e. The van der Waals surface area contributed by atoms with Crippen molar-refractivity contribution in [1.29, 1.82) is 0 Å². The zero-order chi connectivity index (χ0) is 26.5. The number of para-hydroxylation sites is 1. The highest BCUT2D eigenvalue weighted by molar-refractivity contribution is 9.10. The van der Waals surface area contributed by atoms with E-state index in [0.29, 0.717) is 29.8 Å². The summed E-state index contributed by atoms with van der Waals surface area (Å²) in [4.78, 5) is 28.4. The van der Waals surface area contributed by atoms with E-state index < -0.39 is 17.7 Å². The summed E-state index contributed by atoms with van der Waals surface area (Å²) in [5.41, 5.74) is 0.725. The number of anilines is 1. The molecular weight excluding hydrogens is 522 g/mol. The van der Waals surface area contributed by atoms with Crippen LogP contribution >= 0.6 is 15.9 Å². The van der Waals surface area contributed by atoms with Crippen molar-refractivity contribution in [2.75, 3.05) is 18.0 Å². The topological polar surface area (TPSA) is 65.1 Å². The average molecular weight is 552 g/mol. The van der Waals surface area contributed by atoms with Gasteiger partial charge in [0, 0.05) is 34.0 Å². The minimum atomic E-state index is -0.918. The first-order valence-electron chi connectivity index (χ1n) is 11.5. The number of carbonyl (C=O) groups is 2. The first-order chi connectivity index (χ1) is 17.1. The van der Waals surface area contributed by atoms with E-state index in [1.807, 2.05) is 23.1 Å². The first kappa shape index (κ1) is 27.0. The van der Waals surface area contributed by atoms with Crippen LogP contribution in [0.2, 0.25) is 0 Å². The molecule has 0 amide bonds. The van der Waals surface area contributed by atoms with Gasteiger partial charge < -0.3 is 19.1 Å². The third-order valence-corrected chi connectivity index (χ3v) is 5.68. The molecule has 0 aliphatic carbocycles. The number of hydrogen-bond acceptors (Lipinski definition) is 6. The molecule has 0 radical (unpaired) electrons. The third kappa shape index (κ3) is 6.34. The van der Waals surface area contributed by atoms with Gasteiger partial charge >= 0.3 is 12.1 Å². The van der Waals surface area contributed by atoms with Gasteiger partial charge in [0.2, 0.25) is 0 Å². The minimum absolute atomic E-state index is 0.0693. The van der Waals surface area contributed by atoms with E-state index >= 15 is 0 Å². The lowest BCUT2D eigenvalue weighted by molar-refractivity contribution is 0.0207. The predicted molar refractivity (Wildman–Crippen MR) is 147 cm³/mol. The summed E-state index contributed by atoms with van der Waals surface area (Å²) in [6, 6.07) is 14.3. The summed E-state index contributed by atoms with van der Waals surface area (Å²) in [5, 5.41) is 1.34. The highest BCUT2D eigenvalue weighted by Crippen LogP contribution is 2.43. The standard InChI is InChI=1S/C29H30BrNO5/c1-7-16-31(17-8-2)25-19(3)24(27(32)34-21-12-10-9-11-13-21)26(35-28(33)36-29(4,5)6)23-18-20(30)14-15-22(23)25/h7-15,18H,1-2,16-17H2,3-6H3. The Kier molecular flexibility index (Phi) is 8.58. The molecule has 0 heterocycles. The molecule has 188 valence electrons. The second-order valence-corrected chi connectivity index (χ2v) is 10.0. The minimum Gasteiger partial charge on any atom is -0.428 e. The van der Waals surface area contributed by atoms with Crippen LogP contribution in [0.4, 0.5) is 10.5 Å². The molecule has 0 aliphatic rings. The Hall–Kier alpha value is -3.58. The zero-order valence-corrected chi connectivity index (χ0v) is 22.6. The van der Waals surface area contributed by atoms with Gasteiger partial charge in [0.15, 0.2) is 5.75 Å². The number of ether oxygens (including phenoxy) is 3. The molecule has 0 spiro atoms. The van der Waals surface area contributed by atoms with Crippen LogP contribution in [-0.2, 0) is 4.74 Å². The van der Waals surface area contributed by atoms with E-state index in [1.54, 1.807) is 70.2 Å². The van der Waals surface area contributed by atoms with Gasteiger partial charge in [0.05, 0.1) is 0 Å². The maximum absolute atomic E-state index is 13.6. The largest absolute Gasteiger partial charge is 0.514 e. The SMILES string of the molecule is C=CCN(CC=C)c1c(C)c(C(=O)Oc2ccccc2)c(OC(=O)OC(C)(C)C)c2cc(Br)ccc12. The van der Waals surface area contributed by atoms with Gasteiger partial charge in [-0.3, -0.25) is 0 Å². The van der Waals surface area contributed by atoms with Crippen molar-refractivity contribution in [2.45, 2.75) is 33.3 Å². The summed E-state index contributed by atoms with van der Waals surface area (Å²) in [5.74, 6) is -0.215. The lowest BCUT2D eigenvalue weighted by Crippen LogP contribution is -2.28. The second kappa shape index (κ2) is 11.4. The Balaban J connectivity index is 2.32. The zero-order valence-electron chi connectivity index (χ0n) is 21.0. The smallest absolute Gasteiger partial charge is 0.428 e. The molecule has 3 rings (SSSR count). The van der Waals surface area contributed by atoms with Gasteiger partial charge in [-0.25, -0.2) is 9.59 Å². The Morgan fingerprint density at radius 1 is 0.972 bits per heavy atom. The molecule has 0 saturated carbocycles. The van der Waals surface area contributed by atoms with E-state index in [2.05, 4.69) is 29.1 Å². The molecule has 3 aromatic carbocycles. The summed E-state index contributed by atoms with van der Waals surface area (Å²) < 4.78 is 17.6. The molecule has 0 fully saturated rings. The van der Waals surface area contributed by atoms with E-state index in [0.717, 1.165) is 15.5 Å². The van der Waals surface area contributed by atoms with Crippen LogP contribution < -0.4 is 14.4 Å². The Morgan fingerprint density at radius 2 is 1.61 bits per heavy atom. The first-order valence-corrected chi connectivity index (χ1v) is 12.3. The molecule has 0 bridgehead atoms. The summed E-state index contributed by atoms with van der Waals surface area (Å²) in [7, 11) is 0. The van der Waals surface area contributed by atoms with Crippen LogP contribution in [0.3, 0.4) is 0 Å². The molecule has 3 aromatic rings. The number of esters is 1. The van der Waals surface area contributed by atoms with Crippen molar-refractivity contribution < 1.29 is 23.8 Å². The number of hydrogen-bond donors (Lipinski definition) is 0. The van der Waals surface area contributed by atoms with Crippen LogP contribution in [-0.4, -0.2) is 30.8 Å². The molecule has 0 aliphatic heterocycles. The van der Waals surface area contributed by atoms with Crippen molar-refractivity contribution in [1.82, 2.24) is 0 Å². The maximum atomic E-state index is 13.6. The number of fused-ring (bicyclic) bond motifs is 1. The van der Waals surface area contributed by atoms with E-state index in [9.17, 15) is 9.59 Å². The third-order valence-electron chi connectivity index (χ3n) is 5.19. The van der Waals surface area contributed by atoms with Gasteiger partial charge in [0.1, 0.15) is 16.9 Å². The van der Waals surface area contributed by atoms with Crippen molar-refractivity contribution in [3.05, 3.63) is 89.4 Å². The summed E-state index contributed by atoms with van der Waals surface area (Å²) in [6.45, 7) is 15.8. The van der Waals surface area contributed by atoms with Crippen LogP contribution in [0.15, 0.2) is 78.3 Å². The Labute approximate surface area is 220 Å². The molecule has 0 unspecified atom stereocenters. The fourth-order valence-electron chi connectivity index (χ4n) is 3.87. The van der Waals surface area contributed by atoms with Gasteiger partial charge in [-0.2, -0.15) is 0 Å². The molecule has 7 heteroatoms. The fraction of sp³-hybridized carbons (Fsp3) is 0.241. The Morgan fingerprint density at radius 3 is 2.19 bits per heavy atom. The second-order valence-electron chi connectivity index (χ2n) is 9.12. The monoisotopic (exact) mass is 551 g/mol. The number of carbonyl (C=O) groups excluding carboxylic acids is 2. The van der Waals surface area contributed by atoms with Gasteiger partial charge in [-0.15, -0.1) is 13.2 Å². The molecule has 0 aromatic heterocycles. The number of benzene rings is 3. The molecule has 0 N–H and O–H groups in total. The number of halogens is 1.